The van der Waals surface area contributed by atoms with Gasteiger partial charge in [0.05, 0.1) is 14.2 Å². The van der Waals surface area contributed by atoms with Crippen molar-refractivity contribution in [2.24, 2.45) is 5.92 Å². The van der Waals surface area contributed by atoms with Gasteiger partial charge in [-0.05, 0) is 60.9 Å². The molecule has 1 aliphatic heterocycles. The molecule has 0 saturated heterocycles. The van der Waals surface area contributed by atoms with E-state index in [1.165, 1.54) is 0 Å². The summed E-state index contributed by atoms with van der Waals surface area (Å²) in [5.41, 5.74) is 2.53. The van der Waals surface area contributed by atoms with Crippen LogP contribution in [-0.4, -0.2) is 26.0 Å². The molecule has 0 spiro atoms. The highest BCUT2D eigenvalue weighted by Gasteiger charge is 2.26. The Morgan fingerprint density at radius 3 is 2.48 bits per heavy atom. The topological polar surface area (TPSA) is 85.9 Å². The molecule has 1 unspecified atom stereocenters. The van der Waals surface area contributed by atoms with Crippen molar-refractivity contribution < 1.29 is 23.8 Å². The van der Waals surface area contributed by atoms with E-state index in [1.54, 1.807) is 56.7 Å². The predicted molar refractivity (Wildman–Crippen MR) is 126 cm³/mol. The number of carbonyl (C=O) groups is 2. The van der Waals surface area contributed by atoms with Crippen molar-refractivity contribution >= 4 is 23.2 Å². The molecule has 2 N–H and O–H groups in total. The molecule has 170 valence electrons. The van der Waals surface area contributed by atoms with E-state index in [1.807, 2.05) is 24.3 Å². The zero-order valence-corrected chi connectivity index (χ0v) is 18.6. The van der Waals surface area contributed by atoms with Crippen LogP contribution in [0, 0.1) is 5.92 Å². The lowest BCUT2D eigenvalue weighted by Gasteiger charge is -2.24. The van der Waals surface area contributed by atoms with Gasteiger partial charge in [-0.2, -0.15) is 0 Å². The van der Waals surface area contributed by atoms with E-state index in [0.717, 1.165) is 17.0 Å². The molecule has 0 aromatic heterocycles. The van der Waals surface area contributed by atoms with E-state index in [2.05, 4.69) is 10.6 Å². The number of fused-ring (bicyclic) bond motifs is 1. The molecule has 7 nitrogen and oxygen atoms in total. The van der Waals surface area contributed by atoms with Gasteiger partial charge in [0.1, 0.15) is 11.5 Å². The summed E-state index contributed by atoms with van der Waals surface area (Å²) in [6, 6.07) is 20.1. The number of hydrogen-bond donors (Lipinski definition) is 2. The Morgan fingerprint density at radius 1 is 0.970 bits per heavy atom. The third-order valence-electron chi connectivity index (χ3n) is 5.57. The smallest absolute Gasteiger partial charge is 0.227 e. The van der Waals surface area contributed by atoms with Crippen molar-refractivity contribution in [3.8, 4) is 23.0 Å². The summed E-state index contributed by atoms with van der Waals surface area (Å²) in [5.74, 6) is 1.93. The number of nitrogens with one attached hydrogen (secondary N) is 2. The van der Waals surface area contributed by atoms with Gasteiger partial charge in [0.2, 0.25) is 11.8 Å². The van der Waals surface area contributed by atoms with Crippen molar-refractivity contribution in [3.05, 3.63) is 72.3 Å². The predicted octanol–water partition coefficient (Wildman–Crippen LogP) is 5.03. The highest BCUT2D eigenvalue weighted by atomic mass is 16.5. The average molecular weight is 447 g/mol. The lowest BCUT2D eigenvalue weighted by atomic mass is 9.89. The van der Waals surface area contributed by atoms with Crippen LogP contribution >= 0.6 is 0 Å². The fourth-order valence-corrected chi connectivity index (χ4v) is 3.78. The number of hydrogen-bond acceptors (Lipinski definition) is 5. The molecule has 0 fully saturated rings. The van der Waals surface area contributed by atoms with Gasteiger partial charge >= 0.3 is 0 Å². The third-order valence-corrected chi connectivity index (χ3v) is 5.57. The monoisotopic (exact) mass is 446 g/mol. The van der Waals surface area contributed by atoms with Gasteiger partial charge in [-0.15, -0.1) is 0 Å². The summed E-state index contributed by atoms with van der Waals surface area (Å²) < 4.78 is 16.5. The molecule has 0 aliphatic carbocycles. The second-order valence-corrected chi connectivity index (χ2v) is 7.78. The minimum atomic E-state index is -0.226. The first-order chi connectivity index (χ1) is 16.1. The van der Waals surface area contributed by atoms with E-state index >= 15 is 0 Å². The van der Waals surface area contributed by atoms with Crippen LogP contribution in [0.15, 0.2) is 66.7 Å². The number of amides is 2. The van der Waals surface area contributed by atoms with Crippen molar-refractivity contribution in [2.75, 3.05) is 24.9 Å². The van der Waals surface area contributed by atoms with Gasteiger partial charge in [-0.1, -0.05) is 18.2 Å². The average Bonchev–Trinajstić information content (AvgIpc) is 2.83. The molecule has 7 heteroatoms. The molecular weight excluding hydrogens is 420 g/mol. The van der Waals surface area contributed by atoms with E-state index in [0.29, 0.717) is 35.8 Å². The van der Waals surface area contributed by atoms with Crippen LogP contribution in [0.4, 0.5) is 11.4 Å². The Kier molecular flexibility index (Phi) is 6.78. The Morgan fingerprint density at radius 2 is 1.73 bits per heavy atom. The van der Waals surface area contributed by atoms with Gasteiger partial charge in [-0.25, -0.2) is 0 Å². The van der Waals surface area contributed by atoms with Gasteiger partial charge in [0, 0.05) is 29.8 Å². The summed E-state index contributed by atoms with van der Waals surface area (Å²) in [7, 11) is 3.16. The van der Waals surface area contributed by atoms with Crippen LogP contribution in [-0.2, 0) is 16.0 Å². The maximum atomic E-state index is 12.6. The summed E-state index contributed by atoms with van der Waals surface area (Å²) in [6.45, 7) is 0. The first kappa shape index (κ1) is 22.2. The lowest BCUT2D eigenvalue weighted by Crippen LogP contribution is -2.30. The molecule has 1 aliphatic rings. The molecule has 2 amide bonds. The second-order valence-electron chi connectivity index (χ2n) is 7.78. The standard InChI is InChI=1S/C26H26N2O5/c1-31-20-9-11-21(12-10-20)33-24-16-19(8-13-23(24)32-2)27-25(29)14-7-18-15-17-5-3-4-6-22(17)28-26(18)30/h3-6,8-13,16,18H,7,14-15H2,1-2H3,(H,27,29)(H,28,30). The summed E-state index contributed by atoms with van der Waals surface area (Å²) in [4.78, 5) is 24.9. The first-order valence-corrected chi connectivity index (χ1v) is 10.7. The largest absolute Gasteiger partial charge is 0.497 e. The first-order valence-electron chi connectivity index (χ1n) is 10.7. The fraction of sp³-hybridized carbons (Fsp3) is 0.231. The Balaban J connectivity index is 1.37. The van der Waals surface area contributed by atoms with Crippen LogP contribution in [0.3, 0.4) is 0 Å². The number of carbonyl (C=O) groups excluding carboxylic acids is 2. The van der Waals surface area contributed by atoms with Gasteiger partial charge < -0.3 is 24.8 Å². The maximum Gasteiger partial charge on any atom is 0.227 e. The molecule has 0 saturated carbocycles. The highest BCUT2D eigenvalue weighted by Crippen LogP contribution is 2.35. The summed E-state index contributed by atoms with van der Waals surface area (Å²) >= 11 is 0. The SMILES string of the molecule is COc1ccc(Oc2cc(NC(=O)CCC3Cc4ccccc4NC3=O)ccc2OC)cc1. The minimum Gasteiger partial charge on any atom is -0.497 e. The molecule has 3 aromatic carbocycles. The van der Waals surface area contributed by atoms with E-state index in [9.17, 15) is 9.59 Å². The Hall–Kier alpha value is -4.00. The molecule has 4 rings (SSSR count). The number of methoxy groups -OCH3 is 2. The van der Waals surface area contributed by atoms with Crippen LogP contribution < -0.4 is 24.8 Å². The van der Waals surface area contributed by atoms with E-state index in [-0.39, 0.29) is 24.2 Å². The lowest BCUT2D eigenvalue weighted by molar-refractivity contribution is -0.121. The zero-order valence-electron chi connectivity index (χ0n) is 18.6. The quantitative estimate of drug-likeness (QED) is 0.507. The van der Waals surface area contributed by atoms with Gasteiger partial charge in [-0.3, -0.25) is 9.59 Å². The van der Waals surface area contributed by atoms with E-state index < -0.39 is 0 Å². The number of para-hydroxylation sites is 1. The van der Waals surface area contributed by atoms with Crippen LogP contribution in [0.1, 0.15) is 18.4 Å². The molecule has 3 aromatic rings. The van der Waals surface area contributed by atoms with Crippen LogP contribution in [0.5, 0.6) is 23.0 Å². The van der Waals surface area contributed by atoms with Gasteiger partial charge in [0.25, 0.3) is 0 Å². The molecule has 0 radical (unpaired) electrons. The molecule has 1 heterocycles. The third kappa shape index (κ3) is 5.44. The second kappa shape index (κ2) is 10.1. The van der Waals surface area contributed by atoms with Crippen molar-refractivity contribution in [1.82, 2.24) is 0 Å². The normalized spacial score (nSPS) is 14.6. The Labute approximate surface area is 192 Å². The number of ether oxygens (including phenoxy) is 3. The molecule has 1 atom stereocenters. The van der Waals surface area contributed by atoms with Crippen LogP contribution in [0.2, 0.25) is 0 Å². The molecule has 33 heavy (non-hydrogen) atoms. The maximum absolute atomic E-state index is 12.6. The van der Waals surface area contributed by atoms with Crippen LogP contribution in [0.25, 0.3) is 0 Å². The van der Waals surface area contributed by atoms with Gasteiger partial charge in [0.15, 0.2) is 11.5 Å². The fourth-order valence-electron chi connectivity index (χ4n) is 3.78. The van der Waals surface area contributed by atoms with Crippen molar-refractivity contribution in [3.63, 3.8) is 0 Å². The molecular formula is C26H26N2O5. The summed E-state index contributed by atoms with van der Waals surface area (Å²) in [5, 5.41) is 5.81. The van der Waals surface area contributed by atoms with Crippen molar-refractivity contribution in [1.29, 1.82) is 0 Å². The number of benzene rings is 3. The number of rotatable bonds is 8. The highest BCUT2D eigenvalue weighted by molar-refractivity contribution is 5.96. The Bertz CT molecular complexity index is 1140. The van der Waals surface area contributed by atoms with Crippen molar-refractivity contribution in [2.45, 2.75) is 19.3 Å². The summed E-state index contributed by atoms with van der Waals surface area (Å²) in [6.07, 6.45) is 1.34. The number of anilines is 2. The molecule has 0 bridgehead atoms. The zero-order chi connectivity index (χ0) is 23.2. The minimum absolute atomic E-state index is 0.0406. The van der Waals surface area contributed by atoms with E-state index in [4.69, 9.17) is 14.2 Å².